The molecule has 0 amide bonds. The lowest BCUT2D eigenvalue weighted by Gasteiger charge is -2.13. The summed E-state index contributed by atoms with van der Waals surface area (Å²) in [5.74, 6) is 0. The molecule has 0 aromatic heterocycles. The van der Waals surface area contributed by atoms with Gasteiger partial charge in [-0.25, -0.2) is 8.78 Å². The van der Waals surface area contributed by atoms with Crippen molar-refractivity contribution in [3.63, 3.8) is 0 Å². The molecule has 0 radical (unpaired) electrons. The summed E-state index contributed by atoms with van der Waals surface area (Å²) in [5, 5.41) is 0. The molecular weight excluding hydrogens is 124 g/mol. The van der Waals surface area contributed by atoms with Crippen LogP contribution in [0.4, 0.5) is 8.78 Å². The summed E-state index contributed by atoms with van der Waals surface area (Å²) in [6.45, 7) is 0.640. The third-order valence-corrected chi connectivity index (χ3v) is 1.27. The van der Waals surface area contributed by atoms with Gasteiger partial charge in [0.05, 0.1) is 6.54 Å². The Hall–Kier alpha value is -0.600. The third kappa shape index (κ3) is 2.00. The molecule has 0 fully saturated rings. The van der Waals surface area contributed by atoms with E-state index in [4.69, 9.17) is 0 Å². The van der Waals surface area contributed by atoms with Crippen LogP contribution in [-0.2, 0) is 0 Å². The molecule has 1 nitrogen and oxygen atoms in total. The second kappa shape index (κ2) is 2.80. The minimum Gasteiger partial charge on any atom is -0.372 e. The molecule has 1 heterocycles. The van der Waals surface area contributed by atoms with Gasteiger partial charge in [-0.05, 0) is 12.6 Å². The number of alkyl halides is 2. The summed E-state index contributed by atoms with van der Waals surface area (Å²) in [4.78, 5) is 1.63. The molecule has 0 bridgehead atoms. The van der Waals surface area contributed by atoms with Gasteiger partial charge in [-0.1, -0.05) is 6.08 Å². The minimum atomic E-state index is -2.20. The summed E-state index contributed by atoms with van der Waals surface area (Å²) < 4.78 is 23.2. The van der Waals surface area contributed by atoms with Crippen LogP contribution in [0.3, 0.4) is 0 Å². The second-order valence-electron chi connectivity index (χ2n) is 2.06. The standard InChI is InChI=1S/C6H9F2N/c7-6(8)5-9-3-1-2-4-9/h1,3,6H,2,4-5H2. The minimum absolute atomic E-state index is 0.115. The highest BCUT2D eigenvalue weighted by molar-refractivity contribution is 4.90. The van der Waals surface area contributed by atoms with Crippen LogP contribution >= 0.6 is 0 Å². The SMILES string of the molecule is FC(F)CN1C=CCC1. The molecule has 0 spiro atoms. The van der Waals surface area contributed by atoms with E-state index in [-0.39, 0.29) is 6.54 Å². The number of hydrogen-bond donors (Lipinski definition) is 0. The normalized spacial score (nSPS) is 17.9. The van der Waals surface area contributed by atoms with Crippen molar-refractivity contribution in [2.45, 2.75) is 12.8 Å². The maximum atomic E-state index is 11.6. The van der Waals surface area contributed by atoms with E-state index >= 15 is 0 Å². The van der Waals surface area contributed by atoms with Gasteiger partial charge in [0.25, 0.3) is 6.43 Å². The first-order valence-corrected chi connectivity index (χ1v) is 2.98. The van der Waals surface area contributed by atoms with Crippen LogP contribution in [0, 0.1) is 0 Å². The summed E-state index contributed by atoms with van der Waals surface area (Å²) in [7, 11) is 0. The molecule has 0 saturated carbocycles. The lowest BCUT2D eigenvalue weighted by molar-refractivity contribution is 0.112. The van der Waals surface area contributed by atoms with Crippen LogP contribution in [0.25, 0.3) is 0 Å². The average Bonchev–Trinajstić information content (AvgIpc) is 2.15. The Bertz CT molecular complexity index is 112. The van der Waals surface area contributed by atoms with Crippen LogP contribution in [0.1, 0.15) is 6.42 Å². The smallest absolute Gasteiger partial charge is 0.255 e. The van der Waals surface area contributed by atoms with Gasteiger partial charge in [0.2, 0.25) is 0 Å². The monoisotopic (exact) mass is 133 g/mol. The number of halogens is 2. The first-order chi connectivity index (χ1) is 4.29. The summed E-state index contributed by atoms with van der Waals surface area (Å²) >= 11 is 0. The predicted molar refractivity (Wildman–Crippen MR) is 31.3 cm³/mol. The summed E-state index contributed by atoms with van der Waals surface area (Å²) in [6, 6.07) is 0. The molecule has 52 valence electrons. The van der Waals surface area contributed by atoms with Crippen molar-refractivity contribution in [2.75, 3.05) is 13.1 Å². The van der Waals surface area contributed by atoms with E-state index < -0.39 is 6.43 Å². The number of nitrogens with zero attached hydrogens (tertiary/aromatic N) is 1. The Kier molecular flexibility index (Phi) is 2.03. The van der Waals surface area contributed by atoms with E-state index in [1.165, 1.54) is 0 Å². The van der Waals surface area contributed by atoms with Gasteiger partial charge in [-0.15, -0.1) is 0 Å². The van der Waals surface area contributed by atoms with Crippen molar-refractivity contribution in [1.29, 1.82) is 0 Å². The molecule has 1 aliphatic rings. The van der Waals surface area contributed by atoms with E-state index in [0.717, 1.165) is 13.0 Å². The van der Waals surface area contributed by atoms with Gasteiger partial charge in [0.15, 0.2) is 0 Å². The summed E-state index contributed by atoms with van der Waals surface area (Å²) in [5.41, 5.74) is 0. The maximum Gasteiger partial charge on any atom is 0.255 e. The van der Waals surface area contributed by atoms with Gasteiger partial charge < -0.3 is 4.90 Å². The lowest BCUT2D eigenvalue weighted by atomic mass is 10.5. The second-order valence-corrected chi connectivity index (χ2v) is 2.06. The average molecular weight is 133 g/mol. The molecular formula is C6H9F2N. The van der Waals surface area contributed by atoms with Gasteiger partial charge in [-0.3, -0.25) is 0 Å². The van der Waals surface area contributed by atoms with Crippen molar-refractivity contribution >= 4 is 0 Å². The van der Waals surface area contributed by atoms with E-state index in [2.05, 4.69) is 0 Å². The predicted octanol–water partition coefficient (Wildman–Crippen LogP) is 1.47. The molecule has 0 atom stereocenters. The molecule has 9 heavy (non-hydrogen) atoms. The molecule has 0 N–H and O–H groups in total. The largest absolute Gasteiger partial charge is 0.372 e. The van der Waals surface area contributed by atoms with Crippen LogP contribution < -0.4 is 0 Å². The van der Waals surface area contributed by atoms with Gasteiger partial charge in [-0.2, -0.15) is 0 Å². The molecule has 0 aromatic carbocycles. The molecule has 0 aliphatic carbocycles. The van der Waals surface area contributed by atoms with Crippen molar-refractivity contribution in [2.24, 2.45) is 0 Å². The first-order valence-electron chi connectivity index (χ1n) is 2.98. The number of rotatable bonds is 2. The van der Waals surface area contributed by atoms with E-state index in [9.17, 15) is 8.78 Å². The zero-order chi connectivity index (χ0) is 6.69. The zero-order valence-electron chi connectivity index (χ0n) is 5.06. The van der Waals surface area contributed by atoms with Crippen molar-refractivity contribution in [3.05, 3.63) is 12.3 Å². The molecule has 0 saturated heterocycles. The fourth-order valence-electron chi connectivity index (χ4n) is 0.868. The highest BCUT2D eigenvalue weighted by Gasteiger charge is 2.09. The highest BCUT2D eigenvalue weighted by atomic mass is 19.3. The Labute approximate surface area is 53.0 Å². The fourth-order valence-corrected chi connectivity index (χ4v) is 0.868. The maximum absolute atomic E-state index is 11.6. The first kappa shape index (κ1) is 6.52. The molecule has 1 aliphatic heterocycles. The third-order valence-electron chi connectivity index (χ3n) is 1.27. The van der Waals surface area contributed by atoms with E-state index in [1.54, 1.807) is 11.1 Å². The quantitative estimate of drug-likeness (QED) is 0.551. The van der Waals surface area contributed by atoms with Gasteiger partial charge in [0, 0.05) is 6.54 Å². The summed E-state index contributed by atoms with van der Waals surface area (Å²) in [6.07, 6.45) is 2.34. The van der Waals surface area contributed by atoms with Crippen LogP contribution in [0.5, 0.6) is 0 Å². The van der Waals surface area contributed by atoms with Crippen LogP contribution in [0.2, 0.25) is 0 Å². The fraction of sp³-hybridized carbons (Fsp3) is 0.667. The van der Waals surface area contributed by atoms with E-state index in [1.807, 2.05) is 6.08 Å². The van der Waals surface area contributed by atoms with Gasteiger partial charge >= 0.3 is 0 Å². The number of hydrogen-bond acceptors (Lipinski definition) is 1. The molecule has 0 unspecified atom stereocenters. The van der Waals surface area contributed by atoms with Crippen molar-refractivity contribution in [3.8, 4) is 0 Å². The van der Waals surface area contributed by atoms with Crippen molar-refractivity contribution < 1.29 is 8.78 Å². The molecule has 1 rings (SSSR count). The Morgan fingerprint density at radius 1 is 1.56 bits per heavy atom. The zero-order valence-corrected chi connectivity index (χ0v) is 5.06. The van der Waals surface area contributed by atoms with Crippen molar-refractivity contribution in [1.82, 2.24) is 4.90 Å². The Morgan fingerprint density at radius 2 is 2.33 bits per heavy atom. The Balaban J connectivity index is 2.20. The van der Waals surface area contributed by atoms with Gasteiger partial charge in [0.1, 0.15) is 0 Å². The van der Waals surface area contributed by atoms with E-state index in [0.29, 0.717) is 0 Å². The van der Waals surface area contributed by atoms with Crippen LogP contribution in [0.15, 0.2) is 12.3 Å². The lowest BCUT2D eigenvalue weighted by Crippen LogP contribution is -2.21. The molecule has 0 aromatic rings. The topological polar surface area (TPSA) is 3.24 Å². The Morgan fingerprint density at radius 3 is 2.78 bits per heavy atom. The van der Waals surface area contributed by atoms with Crippen LogP contribution in [-0.4, -0.2) is 24.4 Å². The molecule has 3 heteroatoms. The highest BCUT2D eigenvalue weighted by Crippen LogP contribution is 2.06.